The summed E-state index contributed by atoms with van der Waals surface area (Å²) in [4.78, 5) is 26.7. The molecular weight excluding hydrogens is 322 g/mol. The Hall–Kier alpha value is -2.83. The van der Waals surface area contributed by atoms with E-state index in [1.807, 2.05) is 24.3 Å². The summed E-state index contributed by atoms with van der Waals surface area (Å²) in [5.41, 5.74) is 0.893. The smallest absolute Gasteiger partial charge is 0.248 e. The fourth-order valence-electron chi connectivity index (χ4n) is 2.99. The number of nitrogens with one attached hydrogen (secondary N) is 1. The Labute approximate surface area is 145 Å². The second-order valence-electron chi connectivity index (χ2n) is 6.08. The molecular formula is C18H21N3O4. The van der Waals surface area contributed by atoms with Crippen molar-refractivity contribution < 1.29 is 18.8 Å². The van der Waals surface area contributed by atoms with Gasteiger partial charge in [-0.3, -0.25) is 9.59 Å². The highest BCUT2D eigenvalue weighted by atomic mass is 16.5. The number of ether oxygens (including phenoxy) is 1. The summed E-state index contributed by atoms with van der Waals surface area (Å²) in [6.45, 7) is 2.34. The van der Waals surface area contributed by atoms with Crippen LogP contribution in [0.4, 0.5) is 5.82 Å². The summed E-state index contributed by atoms with van der Waals surface area (Å²) in [6.07, 6.45) is 1.72. The van der Waals surface area contributed by atoms with Gasteiger partial charge in [-0.05, 0) is 37.5 Å². The van der Waals surface area contributed by atoms with E-state index in [2.05, 4.69) is 10.5 Å². The van der Waals surface area contributed by atoms with Gasteiger partial charge in [-0.1, -0.05) is 17.3 Å². The number of hydrogen-bond donors (Lipinski definition) is 1. The SMILES string of the molecule is COc1ccc(CC(=O)N2CCC[C@H]2C(=O)Nc2cc(C)on2)cc1. The van der Waals surface area contributed by atoms with E-state index in [0.717, 1.165) is 17.7 Å². The molecule has 0 bridgehead atoms. The molecule has 1 saturated heterocycles. The van der Waals surface area contributed by atoms with E-state index >= 15 is 0 Å². The maximum Gasteiger partial charge on any atom is 0.248 e. The maximum absolute atomic E-state index is 12.6. The third kappa shape index (κ3) is 3.99. The minimum Gasteiger partial charge on any atom is -0.497 e. The van der Waals surface area contributed by atoms with Gasteiger partial charge < -0.3 is 19.5 Å². The lowest BCUT2D eigenvalue weighted by Crippen LogP contribution is -2.43. The van der Waals surface area contributed by atoms with Gasteiger partial charge in [-0.15, -0.1) is 0 Å². The predicted octanol–water partition coefficient (Wildman–Crippen LogP) is 2.16. The molecule has 1 aliphatic rings. The van der Waals surface area contributed by atoms with Crippen LogP contribution in [-0.4, -0.2) is 41.6 Å². The van der Waals surface area contributed by atoms with Crippen molar-refractivity contribution in [2.45, 2.75) is 32.2 Å². The standard InChI is InChI=1S/C18H21N3O4/c1-12-10-16(20-25-12)19-18(23)15-4-3-9-21(15)17(22)11-13-5-7-14(24-2)8-6-13/h5-8,10,15H,3-4,9,11H2,1-2H3,(H,19,20,23)/t15-/m0/s1. The van der Waals surface area contributed by atoms with Crippen molar-refractivity contribution in [3.8, 4) is 5.75 Å². The van der Waals surface area contributed by atoms with Crippen LogP contribution in [0.1, 0.15) is 24.2 Å². The Bertz CT molecular complexity index is 754. The molecule has 0 spiro atoms. The van der Waals surface area contributed by atoms with Gasteiger partial charge in [0.25, 0.3) is 0 Å². The Morgan fingerprint density at radius 3 is 2.76 bits per heavy atom. The first-order valence-electron chi connectivity index (χ1n) is 8.23. The number of hydrogen-bond acceptors (Lipinski definition) is 5. The number of amides is 2. The topological polar surface area (TPSA) is 84.7 Å². The van der Waals surface area contributed by atoms with E-state index in [4.69, 9.17) is 9.26 Å². The summed E-state index contributed by atoms with van der Waals surface area (Å²) in [5.74, 6) is 1.46. The van der Waals surface area contributed by atoms with Crippen molar-refractivity contribution in [1.29, 1.82) is 0 Å². The molecule has 7 nitrogen and oxygen atoms in total. The molecule has 0 unspecified atom stereocenters. The molecule has 2 aromatic rings. The largest absolute Gasteiger partial charge is 0.497 e. The number of anilines is 1. The van der Waals surface area contributed by atoms with Gasteiger partial charge in [0.05, 0.1) is 13.5 Å². The van der Waals surface area contributed by atoms with Gasteiger partial charge in [-0.2, -0.15) is 0 Å². The van der Waals surface area contributed by atoms with E-state index in [1.165, 1.54) is 0 Å². The number of benzene rings is 1. The van der Waals surface area contributed by atoms with Crippen molar-refractivity contribution >= 4 is 17.6 Å². The van der Waals surface area contributed by atoms with Crippen LogP contribution in [0.5, 0.6) is 5.75 Å². The molecule has 1 fully saturated rings. The number of aryl methyl sites for hydroxylation is 1. The third-order valence-corrected chi connectivity index (χ3v) is 4.27. The second-order valence-corrected chi connectivity index (χ2v) is 6.08. The predicted molar refractivity (Wildman–Crippen MR) is 91.3 cm³/mol. The molecule has 1 N–H and O–H groups in total. The molecule has 7 heteroatoms. The van der Waals surface area contributed by atoms with E-state index in [1.54, 1.807) is 25.0 Å². The first kappa shape index (κ1) is 17.0. The third-order valence-electron chi connectivity index (χ3n) is 4.27. The lowest BCUT2D eigenvalue weighted by atomic mass is 10.1. The second kappa shape index (κ2) is 7.38. The number of carbonyl (C=O) groups excluding carboxylic acids is 2. The Morgan fingerprint density at radius 1 is 1.36 bits per heavy atom. The maximum atomic E-state index is 12.6. The lowest BCUT2D eigenvalue weighted by Gasteiger charge is -2.23. The fourth-order valence-corrected chi connectivity index (χ4v) is 2.99. The summed E-state index contributed by atoms with van der Waals surface area (Å²) >= 11 is 0. The molecule has 1 aromatic heterocycles. The highest BCUT2D eigenvalue weighted by Gasteiger charge is 2.34. The van der Waals surface area contributed by atoms with Crippen LogP contribution in [-0.2, 0) is 16.0 Å². The molecule has 0 aliphatic carbocycles. The van der Waals surface area contributed by atoms with Gasteiger partial charge in [-0.25, -0.2) is 0 Å². The van der Waals surface area contributed by atoms with Crippen molar-refractivity contribution in [1.82, 2.24) is 10.1 Å². The van der Waals surface area contributed by atoms with E-state index < -0.39 is 6.04 Å². The van der Waals surface area contributed by atoms with Crippen molar-refractivity contribution in [3.63, 3.8) is 0 Å². The van der Waals surface area contributed by atoms with Gasteiger partial charge in [0.15, 0.2) is 5.82 Å². The zero-order chi connectivity index (χ0) is 17.8. The van der Waals surface area contributed by atoms with Gasteiger partial charge in [0, 0.05) is 12.6 Å². The van der Waals surface area contributed by atoms with Crippen LogP contribution in [0.15, 0.2) is 34.9 Å². The molecule has 2 heterocycles. The zero-order valence-electron chi connectivity index (χ0n) is 14.3. The van der Waals surface area contributed by atoms with Crippen molar-refractivity contribution in [3.05, 3.63) is 41.7 Å². The number of methoxy groups -OCH3 is 1. The first-order chi connectivity index (χ1) is 12.1. The molecule has 1 aromatic carbocycles. The van der Waals surface area contributed by atoms with Crippen molar-refractivity contribution in [2.75, 3.05) is 19.0 Å². The Balaban J connectivity index is 1.63. The molecule has 0 radical (unpaired) electrons. The van der Waals surface area contributed by atoms with Crippen LogP contribution in [0.3, 0.4) is 0 Å². The van der Waals surface area contributed by atoms with E-state index in [9.17, 15) is 9.59 Å². The monoisotopic (exact) mass is 343 g/mol. The number of nitrogens with zero attached hydrogens (tertiary/aromatic N) is 2. The molecule has 1 atom stereocenters. The number of carbonyl (C=O) groups is 2. The Morgan fingerprint density at radius 2 is 2.12 bits per heavy atom. The first-order valence-corrected chi connectivity index (χ1v) is 8.23. The number of aromatic nitrogens is 1. The average Bonchev–Trinajstić information content (AvgIpc) is 3.24. The van der Waals surface area contributed by atoms with Gasteiger partial charge in [0.1, 0.15) is 17.6 Å². The van der Waals surface area contributed by atoms with Crippen LogP contribution in [0.25, 0.3) is 0 Å². The summed E-state index contributed by atoms with van der Waals surface area (Å²) in [7, 11) is 1.60. The van der Waals surface area contributed by atoms with Crippen LogP contribution in [0, 0.1) is 6.92 Å². The Kier molecular flexibility index (Phi) is 5.02. The highest BCUT2D eigenvalue weighted by Crippen LogP contribution is 2.21. The van der Waals surface area contributed by atoms with E-state index in [-0.39, 0.29) is 18.2 Å². The molecule has 0 saturated carbocycles. The van der Waals surface area contributed by atoms with Gasteiger partial charge in [0.2, 0.25) is 11.8 Å². The van der Waals surface area contributed by atoms with Crippen LogP contribution >= 0.6 is 0 Å². The van der Waals surface area contributed by atoms with Crippen molar-refractivity contribution in [2.24, 2.45) is 0 Å². The summed E-state index contributed by atoms with van der Waals surface area (Å²) < 4.78 is 10.1. The molecule has 3 rings (SSSR count). The van der Waals surface area contributed by atoms with Crippen LogP contribution < -0.4 is 10.1 Å². The lowest BCUT2D eigenvalue weighted by molar-refractivity contribution is -0.136. The molecule has 132 valence electrons. The van der Waals surface area contributed by atoms with Gasteiger partial charge >= 0.3 is 0 Å². The minimum atomic E-state index is -0.470. The summed E-state index contributed by atoms with van der Waals surface area (Å²) in [5, 5.41) is 6.47. The molecule has 1 aliphatic heterocycles. The summed E-state index contributed by atoms with van der Waals surface area (Å²) in [6, 6.07) is 8.55. The fraction of sp³-hybridized carbons (Fsp3) is 0.389. The molecule has 2 amide bonds. The molecule has 25 heavy (non-hydrogen) atoms. The normalized spacial score (nSPS) is 16.7. The minimum absolute atomic E-state index is 0.0563. The quantitative estimate of drug-likeness (QED) is 0.899. The van der Waals surface area contributed by atoms with Crippen LogP contribution in [0.2, 0.25) is 0 Å². The number of likely N-dealkylation sites (tertiary alicyclic amines) is 1. The van der Waals surface area contributed by atoms with E-state index in [0.29, 0.717) is 24.5 Å². The zero-order valence-corrected chi connectivity index (χ0v) is 14.3. The highest BCUT2D eigenvalue weighted by molar-refractivity contribution is 5.97. The average molecular weight is 343 g/mol. The number of rotatable bonds is 5.